The Hall–Kier alpha value is -0.830. The van der Waals surface area contributed by atoms with E-state index in [-0.39, 0.29) is 5.97 Å². The largest absolute Gasteiger partial charge is 0.462 e. The maximum Gasteiger partial charge on any atom is 0.333 e. The number of esters is 1. The number of hydrogen-bond acceptors (Lipinski definition) is 3. The van der Waals surface area contributed by atoms with Gasteiger partial charge in [-0.25, -0.2) is 4.79 Å². The molecule has 3 nitrogen and oxygen atoms in total. The number of allylic oxidation sites excluding steroid dienone is 1. The van der Waals surface area contributed by atoms with Crippen molar-refractivity contribution in [3.63, 3.8) is 0 Å². The highest BCUT2D eigenvalue weighted by molar-refractivity contribution is 5.88. The van der Waals surface area contributed by atoms with E-state index in [0.717, 1.165) is 44.3 Å². The summed E-state index contributed by atoms with van der Waals surface area (Å²) in [5.41, 5.74) is 0.858. The maximum atomic E-state index is 11.4. The Balaban J connectivity index is 2.03. The van der Waals surface area contributed by atoms with Gasteiger partial charge in [0.05, 0.1) is 6.61 Å². The molecular formula is C11H18O3. The SMILES string of the molecule is COCCCCOC(=O)C1=CCCC1. The van der Waals surface area contributed by atoms with Crippen molar-refractivity contribution in [1.29, 1.82) is 0 Å². The van der Waals surface area contributed by atoms with Crippen LogP contribution in [0.1, 0.15) is 32.1 Å². The van der Waals surface area contributed by atoms with Crippen LogP contribution in [0.15, 0.2) is 11.6 Å². The van der Waals surface area contributed by atoms with Crippen LogP contribution in [0, 0.1) is 0 Å². The van der Waals surface area contributed by atoms with Crippen molar-refractivity contribution in [3.8, 4) is 0 Å². The Morgan fingerprint density at radius 2 is 2.21 bits per heavy atom. The zero-order valence-electron chi connectivity index (χ0n) is 8.75. The summed E-state index contributed by atoms with van der Waals surface area (Å²) in [5.74, 6) is -0.125. The van der Waals surface area contributed by atoms with Gasteiger partial charge in [-0.3, -0.25) is 0 Å². The first-order valence-electron chi connectivity index (χ1n) is 5.19. The molecule has 80 valence electrons. The van der Waals surface area contributed by atoms with Gasteiger partial charge in [0.15, 0.2) is 0 Å². The highest BCUT2D eigenvalue weighted by Crippen LogP contribution is 2.18. The van der Waals surface area contributed by atoms with Crippen LogP contribution >= 0.6 is 0 Å². The van der Waals surface area contributed by atoms with E-state index in [1.165, 1.54) is 0 Å². The number of rotatable bonds is 6. The van der Waals surface area contributed by atoms with Crippen molar-refractivity contribution in [3.05, 3.63) is 11.6 Å². The molecule has 0 atom stereocenters. The predicted molar refractivity (Wildman–Crippen MR) is 54.0 cm³/mol. The van der Waals surface area contributed by atoms with Crippen molar-refractivity contribution in [2.75, 3.05) is 20.3 Å². The van der Waals surface area contributed by atoms with E-state index in [2.05, 4.69) is 0 Å². The molecule has 1 aliphatic rings. The van der Waals surface area contributed by atoms with E-state index in [0.29, 0.717) is 6.61 Å². The summed E-state index contributed by atoms with van der Waals surface area (Å²) in [7, 11) is 1.68. The normalized spacial score (nSPS) is 15.4. The minimum Gasteiger partial charge on any atom is -0.462 e. The van der Waals surface area contributed by atoms with Crippen LogP contribution in [0.2, 0.25) is 0 Å². The molecule has 0 N–H and O–H groups in total. The van der Waals surface area contributed by atoms with Gasteiger partial charge in [0.2, 0.25) is 0 Å². The van der Waals surface area contributed by atoms with E-state index in [4.69, 9.17) is 9.47 Å². The molecule has 0 amide bonds. The van der Waals surface area contributed by atoms with Gasteiger partial charge in [0, 0.05) is 19.3 Å². The fourth-order valence-electron chi connectivity index (χ4n) is 1.46. The predicted octanol–water partition coefficient (Wildman–Crippen LogP) is 2.07. The van der Waals surface area contributed by atoms with Gasteiger partial charge in [-0.05, 0) is 32.1 Å². The van der Waals surface area contributed by atoms with Crippen molar-refractivity contribution in [1.82, 2.24) is 0 Å². The lowest BCUT2D eigenvalue weighted by atomic mass is 10.2. The molecule has 14 heavy (non-hydrogen) atoms. The summed E-state index contributed by atoms with van der Waals surface area (Å²) in [6.45, 7) is 1.25. The lowest BCUT2D eigenvalue weighted by molar-refractivity contribution is -0.139. The van der Waals surface area contributed by atoms with Crippen LogP contribution in [-0.4, -0.2) is 26.3 Å². The van der Waals surface area contributed by atoms with Crippen LogP contribution in [0.4, 0.5) is 0 Å². The Morgan fingerprint density at radius 1 is 1.43 bits per heavy atom. The Kier molecular flexibility index (Phi) is 5.30. The molecule has 0 heterocycles. The molecule has 3 heteroatoms. The number of hydrogen-bond donors (Lipinski definition) is 0. The molecule has 0 aromatic carbocycles. The van der Waals surface area contributed by atoms with E-state index in [9.17, 15) is 4.79 Å². The molecule has 0 bridgehead atoms. The van der Waals surface area contributed by atoms with Gasteiger partial charge >= 0.3 is 5.97 Å². The fourth-order valence-corrected chi connectivity index (χ4v) is 1.46. The second-order valence-corrected chi connectivity index (χ2v) is 3.46. The highest BCUT2D eigenvalue weighted by atomic mass is 16.5. The van der Waals surface area contributed by atoms with Crippen molar-refractivity contribution < 1.29 is 14.3 Å². The van der Waals surface area contributed by atoms with Gasteiger partial charge in [0.1, 0.15) is 0 Å². The van der Waals surface area contributed by atoms with Gasteiger partial charge in [-0.1, -0.05) is 6.08 Å². The smallest absolute Gasteiger partial charge is 0.333 e. The molecule has 0 aromatic heterocycles. The molecule has 0 radical (unpaired) electrons. The lowest BCUT2D eigenvalue weighted by Gasteiger charge is -2.04. The van der Waals surface area contributed by atoms with Crippen molar-refractivity contribution in [2.45, 2.75) is 32.1 Å². The molecule has 1 aliphatic carbocycles. The lowest BCUT2D eigenvalue weighted by Crippen LogP contribution is -2.08. The first-order chi connectivity index (χ1) is 6.84. The summed E-state index contributed by atoms with van der Waals surface area (Å²) in [6, 6.07) is 0. The Morgan fingerprint density at radius 3 is 2.86 bits per heavy atom. The highest BCUT2D eigenvalue weighted by Gasteiger charge is 2.13. The van der Waals surface area contributed by atoms with E-state index in [1.54, 1.807) is 7.11 Å². The minimum atomic E-state index is -0.125. The van der Waals surface area contributed by atoms with Gasteiger partial charge in [-0.15, -0.1) is 0 Å². The third-order valence-electron chi connectivity index (χ3n) is 2.28. The number of carbonyl (C=O) groups excluding carboxylic acids is 1. The third kappa shape index (κ3) is 3.92. The average Bonchev–Trinajstić information content (AvgIpc) is 2.70. The zero-order valence-corrected chi connectivity index (χ0v) is 8.75. The number of ether oxygens (including phenoxy) is 2. The number of unbranched alkanes of at least 4 members (excludes halogenated alkanes) is 1. The Bertz CT molecular complexity index is 209. The topological polar surface area (TPSA) is 35.5 Å². The van der Waals surface area contributed by atoms with Gasteiger partial charge in [-0.2, -0.15) is 0 Å². The third-order valence-corrected chi connectivity index (χ3v) is 2.28. The molecule has 0 aliphatic heterocycles. The quantitative estimate of drug-likeness (QED) is 0.484. The average molecular weight is 198 g/mol. The van der Waals surface area contributed by atoms with Crippen LogP contribution in [0.3, 0.4) is 0 Å². The first-order valence-corrected chi connectivity index (χ1v) is 5.19. The van der Waals surface area contributed by atoms with E-state index >= 15 is 0 Å². The first kappa shape index (κ1) is 11.2. The van der Waals surface area contributed by atoms with Crippen LogP contribution in [-0.2, 0) is 14.3 Å². The fraction of sp³-hybridized carbons (Fsp3) is 0.727. The summed E-state index contributed by atoms with van der Waals surface area (Å²) in [6.07, 6.45) is 6.81. The molecule has 1 rings (SSSR count). The summed E-state index contributed by atoms with van der Waals surface area (Å²) >= 11 is 0. The monoisotopic (exact) mass is 198 g/mol. The van der Waals surface area contributed by atoms with Crippen LogP contribution < -0.4 is 0 Å². The van der Waals surface area contributed by atoms with Crippen LogP contribution in [0.25, 0.3) is 0 Å². The second-order valence-electron chi connectivity index (χ2n) is 3.46. The van der Waals surface area contributed by atoms with Gasteiger partial charge < -0.3 is 9.47 Å². The molecule has 0 fully saturated rings. The standard InChI is InChI=1S/C11H18O3/c1-13-8-4-5-9-14-11(12)10-6-2-3-7-10/h6H,2-5,7-9H2,1H3. The summed E-state index contributed by atoms with van der Waals surface area (Å²) < 4.78 is 10.0. The van der Waals surface area contributed by atoms with Crippen molar-refractivity contribution in [2.24, 2.45) is 0 Å². The van der Waals surface area contributed by atoms with Gasteiger partial charge in [0.25, 0.3) is 0 Å². The molecular weight excluding hydrogens is 180 g/mol. The maximum absolute atomic E-state index is 11.4. The molecule has 0 saturated carbocycles. The molecule has 0 spiro atoms. The van der Waals surface area contributed by atoms with E-state index in [1.807, 2.05) is 6.08 Å². The zero-order chi connectivity index (χ0) is 10.2. The molecule has 0 unspecified atom stereocenters. The number of methoxy groups -OCH3 is 1. The molecule has 0 aromatic rings. The molecule has 0 saturated heterocycles. The summed E-state index contributed by atoms with van der Waals surface area (Å²) in [4.78, 5) is 11.4. The summed E-state index contributed by atoms with van der Waals surface area (Å²) in [5, 5.41) is 0. The number of carbonyl (C=O) groups is 1. The van der Waals surface area contributed by atoms with Crippen LogP contribution in [0.5, 0.6) is 0 Å². The second kappa shape index (κ2) is 6.60. The van der Waals surface area contributed by atoms with E-state index < -0.39 is 0 Å². The minimum absolute atomic E-state index is 0.125. The Labute approximate surface area is 85.1 Å². The van der Waals surface area contributed by atoms with Crippen molar-refractivity contribution >= 4 is 5.97 Å².